The van der Waals surface area contributed by atoms with Gasteiger partial charge in [0.2, 0.25) is 5.91 Å². The van der Waals surface area contributed by atoms with Crippen LogP contribution < -0.4 is 9.47 Å². The Hall–Kier alpha value is -2.24. The third kappa shape index (κ3) is 2.81. The maximum absolute atomic E-state index is 12.7. The van der Waals surface area contributed by atoms with E-state index in [1.165, 1.54) is 0 Å². The minimum absolute atomic E-state index is 0.0277. The SMILES string of the molecule is O=C(O)[C@@H]1CCCN(C(=O)[C@H]2C[C@@H]2c2ccc3c(c2)OCCO3)C1. The highest BCUT2D eigenvalue weighted by molar-refractivity contribution is 5.84. The van der Waals surface area contributed by atoms with Gasteiger partial charge in [0, 0.05) is 19.0 Å². The van der Waals surface area contributed by atoms with Gasteiger partial charge in [0.1, 0.15) is 13.2 Å². The summed E-state index contributed by atoms with van der Waals surface area (Å²) >= 11 is 0. The number of aliphatic carboxylic acids is 1. The van der Waals surface area contributed by atoms with Gasteiger partial charge in [-0.05, 0) is 42.9 Å². The van der Waals surface area contributed by atoms with Gasteiger partial charge in [-0.25, -0.2) is 0 Å². The van der Waals surface area contributed by atoms with Gasteiger partial charge >= 0.3 is 5.97 Å². The monoisotopic (exact) mass is 331 g/mol. The predicted octanol–water partition coefficient (Wildman–Crippen LogP) is 1.88. The largest absolute Gasteiger partial charge is 0.486 e. The number of carboxylic acid groups (broad SMARTS) is 1. The summed E-state index contributed by atoms with van der Waals surface area (Å²) in [5.74, 6) is 0.565. The standard InChI is InChI=1S/C18H21NO5/c20-17(19-5-1-2-12(10-19)18(21)22)14-9-13(14)11-3-4-15-16(8-11)24-7-6-23-15/h3-4,8,12-14H,1-2,5-7,9-10H2,(H,21,22)/t12-,13-,14+/m1/s1. The molecular formula is C18H21NO5. The summed E-state index contributed by atoms with van der Waals surface area (Å²) in [6.07, 6.45) is 2.26. The van der Waals surface area contributed by atoms with E-state index in [4.69, 9.17) is 9.47 Å². The van der Waals surface area contributed by atoms with E-state index in [1.54, 1.807) is 4.90 Å². The first-order chi connectivity index (χ1) is 11.6. The van der Waals surface area contributed by atoms with Crippen molar-refractivity contribution >= 4 is 11.9 Å². The Bertz CT molecular complexity index is 673. The van der Waals surface area contributed by atoms with Crippen LogP contribution >= 0.6 is 0 Å². The number of fused-ring (bicyclic) bond motifs is 1. The van der Waals surface area contributed by atoms with Gasteiger partial charge in [0.15, 0.2) is 11.5 Å². The average Bonchev–Trinajstić information content (AvgIpc) is 3.41. The number of hydrogen-bond donors (Lipinski definition) is 1. The number of amides is 1. The van der Waals surface area contributed by atoms with Gasteiger partial charge in [-0.3, -0.25) is 9.59 Å². The molecule has 3 atom stereocenters. The first kappa shape index (κ1) is 15.3. The molecule has 3 aliphatic rings. The molecule has 0 spiro atoms. The van der Waals surface area contributed by atoms with E-state index in [1.807, 2.05) is 18.2 Å². The van der Waals surface area contributed by atoms with Crippen molar-refractivity contribution in [1.82, 2.24) is 4.90 Å². The summed E-state index contributed by atoms with van der Waals surface area (Å²) in [5, 5.41) is 9.17. The molecule has 1 saturated heterocycles. The molecule has 2 fully saturated rings. The van der Waals surface area contributed by atoms with Crippen LogP contribution in [0.25, 0.3) is 0 Å². The molecule has 1 aliphatic carbocycles. The molecule has 2 heterocycles. The third-order valence-electron chi connectivity index (χ3n) is 5.18. The molecule has 0 unspecified atom stereocenters. The van der Waals surface area contributed by atoms with E-state index in [0.29, 0.717) is 32.7 Å². The van der Waals surface area contributed by atoms with E-state index < -0.39 is 11.9 Å². The lowest BCUT2D eigenvalue weighted by molar-refractivity contribution is -0.146. The number of carboxylic acids is 1. The van der Waals surface area contributed by atoms with Crippen molar-refractivity contribution in [2.75, 3.05) is 26.3 Å². The molecule has 128 valence electrons. The molecule has 6 nitrogen and oxygen atoms in total. The number of hydrogen-bond acceptors (Lipinski definition) is 4. The van der Waals surface area contributed by atoms with Crippen LogP contribution in [-0.2, 0) is 9.59 Å². The van der Waals surface area contributed by atoms with Gasteiger partial charge in [-0.1, -0.05) is 6.07 Å². The van der Waals surface area contributed by atoms with Gasteiger partial charge in [-0.2, -0.15) is 0 Å². The maximum Gasteiger partial charge on any atom is 0.308 e. The second kappa shape index (κ2) is 6.00. The van der Waals surface area contributed by atoms with Crippen molar-refractivity contribution < 1.29 is 24.2 Å². The summed E-state index contributed by atoms with van der Waals surface area (Å²) < 4.78 is 11.1. The second-order valence-corrected chi connectivity index (χ2v) is 6.81. The Morgan fingerprint density at radius 1 is 1.17 bits per heavy atom. The van der Waals surface area contributed by atoms with Crippen LogP contribution in [0, 0.1) is 11.8 Å². The molecule has 24 heavy (non-hydrogen) atoms. The number of nitrogens with zero attached hydrogens (tertiary/aromatic N) is 1. The van der Waals surface area contributed by atoms with Crippen LogP contribution in [-0.4, -0.2) is 48.2 Å². The number of carbonyl (C=O) groups excluding carboxylic acids is 1. The highest BCUT2D eigenvalue weighted by Gasteiger charge is 2.47. The topological polar surface area (TPSA) is 76.1 Å². The summed E-state index contributed by atoms with van der Waals surface area (Å²) in [5.41, 5.74) is 1.10. The van der Waals surface area contributed by atoms with Crippen molar-refractivity contribution in [3.05, 3.63) is 23.8 Å². The molecule has 2 aliphatic heterocycles. The number of ether oxygens (including phenoxy) is 2. The molecule has 6 heteroatoms. The number of likely N-dealkylation sites (tertiary alicyclic amines) is 1. The van der Waals surface area contributed by atoms with Gasteiger partial charge < -0.3 is 19.5 Å². The highest BCUT2D eigenvalue weighted by Crippen LogP contribution is 2.50. The Morgan fingerprint density at radius 2 is 1.96 bits per heavy atom. The Kier molecular flexibility index (Phi) is 3.82. The van der Waals surface area contributed by atoms with Crippen molar-refractivity contribution in [2.24, 2.45) is 11.8 Å². The smallest absolute Gasteiger partial charge is 0.308 e. The van der Waals surface area contributed by atoms with Gasteiger partial charge in [0.05, 0.1) is 5.92 Å². The number of piperidine rings is 1. The molecule has 4 rings (SSSR count). The summed E-state index contributed by atoms with van der Waals surface area (Å²) in [7, 11) is 0. The lowest BCUT2D eigenvalue weighted by atomic mass is 9.97. The number of benzene rings is 1. The summed E-state index contributed by atoms with van der Waals surface area (Å²) in [6, 6.07) is 5.88. The Morgan fingerprint density at radius 3 is 2.75 bits per heavy atom. The fourth-order valence-electron chi connectivity index (χ4n) is 3.74. The fourth-order valence-corrected chi connectivity index (χ4v) is 3.74. The van der Waals surface area contributed by atoms with E-state index in [-0.39, 0.29) is 17.7 Å². The van der Waals surface area contributed by atoms with E-state index >= 15 is 0 Å². The zero-order chi connectivity index (χ0) is 16.7. The van der Waals surface area contributed by atoms with Crippen molar-refractivity contribution in [1.29, 1.82) is 0 Å². The van der Waals surface area contributed by atoms with Crippen molar-refractivity contribution in [2.45, 2.75) is 25.2 Å². The van der Waals surface area contributed by atoms with Crippen LogP contribution in [0.15, 0.2) is 18.2 Å². The molecule has 0 bridgehead atoms. The fraction of sp³-hybridized carbons (Fsp3) is 0.556. The third-order valence-corrected chi connectivity index (χ3v) is 5.18. The molecule has 1 aromatic rings. The Balaban J connectivity index is 1.42. The quantitative estimate of drug-likeness (QED) is 0.915. The summed E-state index contributed by atoms with van der Waals surface area (Å²) in [6.45, 7) is 2.13. The van der Waals surface area contributed by atoms with Crippen LogP contribution in [0.1, 0.15) is 30.7 Å². The van der Waals surface area contributed by atoms with Crippen LogP contribution in [0.2, 0.25) is 0 Å². The zero-order valence-corrected chi connectivity index (χ0v) is 13.4. The molecule has 1 amide bonds. The molecule has 1 N–H and O–H groups in total. The van der Waals surface area contributed by atoms with Crippen molar-refractivity contribution in [3.63, 3.8) is 0 Å². The van der Waals surface area contributed by atoms with E-state index in [2.05, 4.69) is 0 Å². The highest BCUT2D eigenvalue weighted by atomic mass is 16.6. The molecular weight excluding hydrogens is 310 g/mol. The van der Waals surface area contributed by atoms with Crippen molar-refractivity contribution in [3.8, 4) is 11.5 Å². The lowest BCUT2D eigenvalue weighted by Gasteiger charge is -2.31. The second-order valence-electron chi connectivity index (χ2n) is 6.81. The maximum atomic E-state index is 12.7. The van der Waals surface area contributed by atoms with Crippen LogP contribution in [0.4, 0.5) is 0 Å². The minimum atomic E-state index is -0.799. The Labute approximate surface area is 140 Å². The summed E-state index contributed by atoms with van der Waals surface area (Å²) in [4.78, 5) is 25.6. The predicted molar refractivity (Wildman–Crippen MR) is 85.2 cm³/mol. The molecule has 1 aromatic carbocycles. The van der Waals surface area contributed by atoms with Crippen LogP contribution in [0.5, 0.6) is 11.5 Å². The first-order valence-corrected chi connectivity index (χ1v) is 8.54. The lowest BCUT2D eigenvalue weighted by Crippen LogP contribution is -2.43. The number of rotatable bonds is 3. The molecule has 1 saturated carbocycles. The van der Waals surface area contributed by atoms with E-state index in [0.717, 1.165) is 29.9 Å². The van der Waals surface area contributed by atoms with Gasteiger partial charge in [0.25, 0.3) is 0 Å². The van der Waals surface area contributed by atoms with Crippen LogP contribution in [0.3, 0.4) is 0 Å². The first-order valence-electron chi connectivity index (χ1n) is 8.54. The number of carbonyl (C=O) groups is 2. The normalized spacial score (nSPS) is 28.3. The minimum Gasteiger partial charge on any atom is -0.486 e. The average molecular weight is 331 g/mol. The zero-order valence-electron chi connectivity index (χ0n) is 13.4. The van der Waals surface area contributed by atoms with Gasteiger partial charge in [-0.15, -0.1) is 0 Å². The van der Waals surface area contributed by atoms with E-state index in [9.17, 15) is 14.7 Å². The molecule has 0 radical (unpaired) electrons. The molecule has 0 aromatic heterocycles.